The van der Waals surface area contributed by atoms with Crippen molar-refractivity contribution in [3.05, 3.63) is 33.3 Å². The maximum absolute atomic E-state index is 12.1. The van der Waals surface area contributed by atoms with Crippen LogP contribution in [-0.2, 0) is 14.8 Å². The summed E-state index contributed by atoms with van der Waals surface area (Å²) in [7, 11) is -4.19. The molecule has 1 atom stereocenters. The number of sulfonamides is 1. The van der Waals surface area contributed by atoms with Gasteiger partial charge in [-0.2, -0.15) is 4.72 Å². The van der Waals surface area contributed by atoms with Crippen LogP contribution < -0.4 is 4.72 Å². The van der Waals surface area contributed by atoms with Crippen LogP contribution >= 0.6 is 11.6 Å². The van der Waals surface area contributed by atoms with Gasteiger partial charge in [0.05, 0.1) is 9.95 Å². The van der Waals surface area contributed by atoms with E-state index in [2.05, 4.69) is 0 Å². The summed E-state index contributed by atoms with van der Waals surface area (Å²) in [6, 6.07) is 1.56. The van der Waals surface area contributed by atoms with Crippen LogP contribution in [0.25, 0.3) is 0 Å². The smallest absolute Gasteiger partial charge is 0.321 e. The summed E-state index contributed by atoms with van der Waals surface area (Å²) < 4.78 is 26.2. The molecule has 0 amide bonds. The zero-order valence-corrected chi connectivity index (χ0v) is 12.5. The summed E-state index contributed by atoms with van der Waals surface area (Å²) in [5.41, 5.74) is -0.359. The van der Waals surface area contributed by atoms with Crippen molar-refractivity contribution >= 4 is 33.3 Å². The number of aliphatic carboxylic acids is 1. The van der Waals surface area contributed by atoms with E-state index >= 15 is 0 Å². The van der Waals surface area contributed by atoms with Gasteiger partial charge in [-0.15, -0.1) is 0 Å². The fourth-order valence-corrected chi connectivity index (χ4v) is 3.36. The Morgan fingerprint density at radius 3 is 2.57 bits per heavy atom. The second-order valence-corrected chi connectivity index (χ2v) is 6.26. The zero-order chi connectivity index (χ0) is 16.2. The number of hydrogen-bond donors (Lipinski definition) is 2. The molecule has 116 valence electrons. The Morgan fingerprint density at radius 2 is 2.14 bits per heavy atom. The fraction of sp³-hybridized carbons (Fsp3) is 0.364. The lowest BCUT2D eigenvalue weighted by molar-refractivity contribution is -0.384. The third-order valence-corrected chi connectivity index (χ3v) is 4.54. The molecule has 0 radical (unpaired) electrons. The first-order chi connectivity index (χ1) is 9.69. The van der Waals surface area contributed by atoms with Crippen LogP contribution in [0.15, 0.2) is 23.1 Å². The van der Waals surface area contributed by atoms with Gasteiger partial charge < -0.3 is 5.11 Å². The molecule has 0 unspecified atom stereocenters. The molecule has 0 fully saturated rings. The zero-order valence-electron chi connectivity index (χ0n) is 10.9. The third-order valence-electron chi connectivity index (χ3n) is 2.59. The monoisotopic (exact) mass is 336 g/mol. The average Bonchev–Trinajstić information content (AvgIpc) is 2.37. The van der Waals surface area contributed by atoms with E-state index in [0.29, 0.717) is 6.42 Å². The number of nitro groups is 1. The third kappa shape index (κ3) is 4.38. The maximum atomic E-state index is 12.1. The van der Waals surface area contributed by atoms with Crippen molar-refractivity contribution in [1.29, 1.82) is 0 Å². The highest BCUT2D eigenvalue weighted by Crippen LogP contribution is 2.26. The average molecular weight is 337 g/mol. The number of halogens is 1. The van der Waals surface area contributed by atoms with Gasteiger partial charge in [0, 0.05) is 12.1 Å². The van der Waals surface area contributed by atoms with Crippen molar-refractivity contribution in [3.8, 4) is 0 Å². The van der Waals surface area contributed by atoms with Gasteiger partial charge >= 0.3 is 5.97 Å². The molecule has 8 nitrogen and oxygen atoms in total. The van der Waals surface area contributed by atoms with Crippen LogP contribution in [0.4, 0.5) is 5.69 Å². The number of non-ortho nitro benzene ring substituents is 1. The second kappa shape index (κ2) is 6.83. The lowest BCUT2D eigenvalue weighted by Gasteiger charge is -2.14. The Kier molecular flexibility index (Phi) is 5.64. The van der Waals surface area contributed by atoms with Gasteiger partial charge in [0.2, 0.25) is 10.0 Å². The Bertz CT molecular complexity index is 661. The number of rotatable bonds is 7. The molecular formula is C11H13ClN2O6S. The van der Waals surface area contributed by atoms with Gasteiger partial charge in [-0.3, -0.25) is 14.9 Å². The van der Waals surface area contributed by atoms with Crippen LogP contribution in [0.1, 0.15) is 19.8 Å². The topological polar surface area (TPSA) is 127 Å². The molecule has 0 saturated carbocycles. The molecule has 0 saturated heterocycles. The first kappa shape index (κ1) is 17.3. The molecule has 1 aromatic carbocycles. The number of nitro benzene ring substituents is 1. The van der Waals surface area contributed by atoms with Crippen molar-refractivity contribution in [2.75, 3.05) is 0 Å². The quantitative estimate of drug-likeness (QED) is 0.577. The van der Waals surface area contributed by atoms with Gasteiger partial charge in [0.1, 0.15) is 10.9 Å². The van der Waals surface area contributed by atoms with E-state index in [1.807, 2.05) is 4.72 Å². The molecule has 1 rings (SSSR count). The number of hydrogen-bond acceptors (Lipinski definition) is 5. The lowest BCUT2D eigenvalue weighted by Crippen LogP contribution is -2.40. The molecule has 0 bridgehead atoms. The van der Waals surface area contributed by atoms with Gasteiger partial charge in [-0.05, 0) is 12.5 Å². The molecule has 2 N–H and O–H groups in total. The predicted molar refractivity (Wildman–Crippen MR) is 74.8 cm³/mol. The van der Waals surface area contributed by atoms with Crippen LogP contribution in [0, 0.1) is 10.1 Å². The Hall–Kier alpha value is -1.71. The number of nitrogens with one attached hydrogen (secondary N) is 1. The Morgan fingerprint density at radius 1 is 1.52 bits per heavy atom. The van der Waals surface area contributed by atoms with Crippen LogP contribution in [0.3, 0.4) is 0 Å². The van der Waals surface area contributed by atoms with Gasteiger partial charge in [-0.1, -0.05) is 24.9 Å². The summed E-state index contributed by atoms with van der Waals surface area (Å²) in [4.78, 5) is 20.4. The van der Waals surface area contributed by atoms with Crippen LogP contribution in [-0.4, -0.2) is 30.5 Å². The summed E-state index contributed by atoms with van der Waals surface area (Å²) >= 11 is 5.73. The van der Waals surface area contributed by atoms with Crippen molar-refractivity contribution in [2.45, 2.75) is 30.7 Å². The summed E-state index contributed by atoms with van der Waals surface area (Å²) in [6.45, 7) is 1.71. The first-order valence-corrected chi connectivity index (χ1v) is 7.74. The molecule has 0 aliphatic rings. The molecular weight excluding hydrogens is 324 g/mol. The van der Waals surface area contributed by atoms with Crippen LogP contribution in [0.2, 0.25) is 5.02 Å². The van der Waals surface area contributed by atoms with E-state index in [9.17, 15) is 23.3 Å². The lowest BCUT2D eigenvalue weighted by atomic mass is 10.2. The molecule has 1 aromatic rings. The standard InChI is InChI=1S/C11H13ClN2O6S/c1-2-3-9(11(15)16)13-21(19,20)10-5-4-7(14(17)18)6-8(10)12/h4-6,9,13H,2-3H2,1H3,(H,15,16)/t9-/m1/s1. The highest BCUT2D eigenvalue weighted by atomic mass is 35.5. The van der Waals surface area contributed by atoms with E-state index in [4.69, 9.17) is 16.7 Å². The Labute approximate surface area is 125 Å². The predicted octanol–water partition coefficient (Wildman–Crippen LogP) is 1.78. The van der Waals surface area contributed by atoms with Crippen molar-refractivity contribution < 1.29 is 23.2 Å². The highest BCUT2D eigenvalue weighted by Gasteiger charge is 2.27. The summed E-state index contributed by atoms with van der Waals surface area (Å²) in [6.07, 6.45) is 0.576. The van der Waals surface area contributed by atoms with E-state index in [0.717, 1.165) is 18.2 Å². The van der Waals surface area contributed by atoms with Gasteiger partial charge in [-0.25, -0.2) is 8.42 Å². The molecule has 0 aliphatic heterocycles. The molecule has 21 heavy (non-hydrogen) atoms. The molecule has 0 spiro atoms. The molecule has 10 heteroatoms. The number of carboxylic acids is 1. The minimum Gasteiger partial charge on any atom is -0.480 e. The molecule has 0 heterocycles. The van der Waals surface area contributed by atoms with Crippen molar-refractivity contribution in [3.63, 3.8) is 0 Å². The van der Waals surface area contributed by atoms with E-state index in [1.54, 1.807) is 6.92 Å². The SMILES string of the molecule is CCC[C@@H](NS(=O)(=O)c1ccc([N+](=O)[O-])cc1Cl)C(=O)O. The van der Waals surface area contributed by atoms with Gasteiger partial charge in [0.25, 0.3) is 5.69 Å². The van der Waals surface area contributed by atoms with Crippen molar-refractivity contribution in [1.82, 2.24) is 4.72 Å². The summed E-state index contributed by atoms with van der Waals surface area (Å²) in [5.74, 6) is -1.31. The number of benzene rings is 1. The molecule has 0 aromatic heterocycles. The minimum absolute atomic E-state index is 0.110. The molecule has 0 aliphatic carbocycles. The van der Waals surface area contributed by atoms with E-state index in [1.165, 1.54) is 0 Å². The largest absolute Gasteiger partial charge is 0.480 e. The summed E-state index contributed by atoms with van der Waals surface area (Å²) in [5, 5.41) is 19.2. The fourth-order valence-electron chi connectivity index (χ4n) is 1.59. The van der Waals surface area contributed by atoms with Crippen LogP contribution in [0.5, 0.6) is 0 Å². The number of nitrogens with zero attached hydrogens (tertiary/aromatic N) is 1. The highest BCUT2D eigenvalue weighted by molar-refractivity contribution is 7.89. The van der Waals surface area contributed by atoms with E-state index < -0.39 is 31.9 Å². The number of carboxylic acid groups (broad SMARTS) is 1. The second-order valence-electron chi connectivity index (χ2n) is 4.17. The number of carbonyl (C=O) groups is 1. The Balaban J connectivity index is 3.13. The minimum atomic E-state index is -4.19. The first-order valence-electron chi connectivity index (χ1n) is 5.88. The maximum Gasteiger partial charge on any atom is 0.321 e. The normalized spacial score (nSPS) is 12.9. The van der Waals surface area contributed by atoms with E-state index in [-0.39, 0.29) is 17.1 Å². The van der Waals surface area contributed by atoms with Crippen molar-refractivity contribution in [2.24, 2.45) is 0 Å². The van der Waals surface area contributed by atoms with Gasteiger partial charge in [0.15, 0.2) is 0 Å².